The second-order valence-corrected chi connectivity index (χ2v) is 3.97. The maximum Gasteiger partial charge on any atom is 0.341 e. The average Bonchev–Trinajstić information content (AvgIpc) is 2.50. The smallest absolute Gasteiger partial charge is 0.341 e. The van der Waals surface area contributed by atoms with Gasteiger partial charge in [-0.15, -0.1) is 0 Å². The van der Waals surface area contributed by atoms with Crippen LogP contribution in [0.3, 0.4) is 0 Å². The monoisotopic (exact) mass is 315 g/mol. The zero-order valence-corrected chi connectivity index (χ0v) is 11.2. The van der Waals surface area contributed by atoms with Crippen LogP contribution in [-0.4, -0.2) is 17.6 Å². The van der Waals surface area contributed by atoms with Crippen LogP contribution in [0, 0.1) is 23.5 Å². The number of hydrogen-bond acceptors (Lipinski definition) is 4. The van der Waals surface area contributed by atoms with Crippen LogP contribution in [0.5, 0.6) is 11.5 Å². The lowest BCUT2D eigenvalue weighted by Crippen LogP contribution is -2.08. The topological polar surface area (TPSA) is 48.4 Å². The molecule has 0 radical (unpaired) electrons. The molecule has 0 fully saturated rings. The Morgan fingerprint density at radius 2 is 1.68 bits per heavy atom. The summed E-state index contributed by atoms with van der Waals surface area (Å²) < 4.78 is 62.7. The predicted octanol–water partition coefficient (Wildman–Crippen LogP) is 3.61. The number of pyridine rings is 1. The highest BCUT2D eigenvalue weighted by atomic mass is 19.2. The molecule has 0 saturated carbocycles. The van der Waals surface area contributed by atoms with E-state index in [0.717, 1.165) is 0 Å². The van der Waals surface area contributed by atoms with Gasteiger partial charge in [0.1, 0.15) is 11.3 Å². The van der Waals surface area contributed by atoms with Gasteiger partial charge in [0.2, 0.25) is 17.4 Å². The fraction of sp³-hybridized carbons (Fsp3) is 0.143. The molecule has 116 valence electrons. The Labute approximate surface area is 122 Å². The lowest BCUT2D eigenvalue weighted by molar-refractivity contribution is 0.0523. The molecule has 0 unspecified atom stereocenters. The Balaban J connectivity index is 2.47. The number of nitrogens with zero attached hydrogens (tertiary/aromatic N) is 1. The summed E-state index contributed by atoms with van der Waals surface area (Å²) in [5.41, 5.74) is -0.152. The van der Waals surface area contributed by atoms with Crippen molar-refractivity contribution in [3.63, 3.8) is 0 Å². The van der Waals surface area contributed by atoms with Gasteiger partial charge in [-0.05, 0) is 19.1 Å². The second-order valence-electron chi connectivity index (χ2n) is 3.97. The molecule has 8 heteroatoms. The number of benzene rings is 1. The summed E-state index contributed by atoms with van der Waals surface area (Å²) in [7, 11) is 0. The molecule has 0 spiro atoms. The molecule has 0 aliphatic carbocycles. The number of esters is 1. The Bertz CT molecular complexity index is 695. The summed E-state index contributed by atoms with van der Waals surface area (Å²) in [5, 5.41) is 0. The van der Waals surface area contributed by atoms with Crippen molar-refractivity contribution < 1.29 is 31.8 Å². The summed E-state index contributed by atoms with van der Waals surface area (Å²) in [5.74, 6) is -9.79. The van der Waals surface area contributed by atoms with E-state index < -0.39 is 35.2 Å². The van der Waals surface area contributed by atoms with Crippen molar-refractivity contribution in [3.05, 3.63) is 53.4 Å². The van der Waals surface area contributed by atoms with E-state index in [4.69, 9.17) is 9.47 Å². The maximum atomic E-state index is 13.5. The van der Waals surface area contributed by atoms with Crippen molar-refractivity contribution in [2.75, 3.05) is 6.61 Å². The number of hydrogen-bond donors (Lipinski definition) is 0. The first-order valence-corrected chi connectivity index (χ1v) is 6.09. The Morgan fingerprint density at radius 1 is 1.09 bits per heavy atom. The lowest BCUT2D eigenvalue weighted by Gasteiger charge is -2.11. The third kappa shape index (κ3) is 3.00. The second kappa shape index (κ2) is 6.42. The van der Waals surface area contributed by atoms with Crippen LogP contribution >= 0.6 is 0 Å². The maximum absolute atomic E-state index is 13.5. The van der Waals surface area contributed by atoms with Crippen LogP contribution in [0.2, 0.25) is 0 Å². The van der Waals surface area contributed by atoms with Crippen molar-refractivity contribution in [1.29, 1.82) is 0 Å². The van der Waals surface area contributed by atoms with Gasteiger partial charge in [-0.25, -0.2) is 4.79 Å². The van der Waals surface area contributed by atoms with Crippen molar-refractivity contribution >= 4 is 5.97 Å². The number of ether oxygens (including phenoxy) is 2. The molecule has 1 aromatic carbocycles. The molecule has 2 aromatic rings. The highest BCUT2D eigenvalue weighted by molar-refractivity contribution is 5.92. The van der Waals surface area contributed by atoms with Gasteiger partial charge < -0.3 is 9.47 Å². The highest BCUT2D eigenvalue weighted by Crippen LogP contribution is 2.31. The first-order chi connectivity index (χ1) is 10.5. The highest BCUT2D eigenvalue weighted by Gasteiger charge is 2.24. The minimum Gasteiger partial charge on any atom is -0.462 e. The van der Waals surface area contributed by atoms with Gasteiger partial charge in [-0.3, -0.25) is 0 Å². The number of aromatic nitrogens is 1. The molecule has 0 N–H and O–H groups in total. The van der Waals surface area contributed by atoms with Crippen molar-refractivity contribution in [2.45, 2.75) is 6.92 Å². The Hall–Kier alpha value is -2.64. The Morgan fingerprint density at radius 3 is 2.27 bits per heavy atom. The molecule has 1 heterocycles. The first-order valence-electron chi connectivity index (χ1n) is 6.09. The fourth-order valence-corrected chi connectivity index (χ4v) is 1.60. The van der Waals surface area contributed by atoms with Crippen LogP contribution in [0.15, 0.2) is 24.3 Å². The van der Waals surface area contributed by atoms with Crippen LogP contribution < -0.4 is 4.74 Å². The summed E-state index contributed by atoms with van der Waals surface area (Å²) in [6, 6.07) is 5.33. The summed E-state index contributed by atoms with van der Waals surface area (Å²) >= 11 is 0. The summed E-state index contributed by atoms with van der Waals surface area (Å²) in [6.07, 6.45) is 0. The third-order valence-electron chi connectivity index (χ3n) is 2.55. The molecule has 1 aromatic heterocycles. The Kier molecular flexibility index (Phi) is 4.59. The molecule has 4 nitrogen and oxygen atoms in total. The number of halogens is 4. The normalized spacial score (nSPS) is 10.4. The van der Waals surface area contributed by atoms with Gasteiger partial charge in [0.25, 0.3) is 11.9 Å². The number of carbonyl (C=O) groups excluding carboxylic acids is 1. The predicted molar refractivity (Wildman–Crippen MR) is 66.5 cm³/mol. The number of para-hydroxylation sites is 1. The van der Waals surface area contributed by atoms with E-state index in [1.165, 1.54) is 24.3 Å². The molecular formula is C14H9F4NO3. The van der Waals surface area contributed by atoms with Crippen LogP contribution in [0.25, 0.3) is 0 Å². The average molecular weight is 315 g/mol. The van der Waals surface area contributed by atoms with E-state index in [-0.39, 0.29) is 17.9 Å². The zero-order chi connectivity index (χ0) is 16.3. The van der Waals surface area contributed by atoms with Gasteiger partial charge in [-0.1, -0.05) is 12.1 Å². The van der Waals surface area contributed by atoms with Crippen molar-refractivity contribution in [3.8, 4) is 11.5 Å². The molecule has 0 aliphatic rings. The minimum absolute atomic E-state index is 0.0639. The standard InChI is InChI=1S/C14H9F4NO3/c1-2-21-14(20)7-5-3-4-6-8(7)22-11-9(15)12(17)19-13(18)10(11)16/h3-6H,2H2,1H3. The molecule has 0 atom stereocenters. The van der Waals surface area contributed by atoms with Gasteiger partial charge >= 0.3 is 5.97 Å². The molecule has 0 amide bonds. The minimum atomic E-state index is -1.86. The molecule has 2 rings (SSSR count). The molecule has 0 saturated heterocycles. The van der Waals surface area contributed by atoms with E-state index in [1.54, 1.807) is 6.92 Å². The van der Waals surface area contributed by atoms with Gasteiger partial charge in [0.05, 0.1) is 6.61 Å². The number of rotatable bonds is 4. The zero-order valence-electron chi connectivity index (χ0n) is 11.2. The lowest BCUT2D eigenvalue weighted by atomic mass is 10.2. The third-order valence-corrected chi connectivity index (χ3v) is 2.55. The summed E-state index contributed by atoms with van der Waals surface area (Å²) in [6.45, 7) is 1.63. The number of carbonyl (C=O) groups is 1. The largest absolute Gasteiger partial charge is 0.462 e. The van der Waals surface area contributed by atoms with E-state index >= 15 is 0 Å². The van der Waals surface area contributed by atoms with Crippen LogP contribution in [0.4, 0.5) is 17.6 Å². The SMILES string of the molecule is CCOC(=O)c1ccccc1Oc1c(F)c(F)nc(F)c1F. The molecule has 0 aliphatic heterocycles. The van der Waals surface area contributed by atoms with Gasteiger partial charge in [0.15, 0.2) is 0 Å². The fourth-order valence-electron chi connectivity index (χ4n) is 1.60. The molecular weight excluding hydrogens is 306 g/mol. The molecule has 0 bridgehead atoms. The van der Waals surface area contributed by atoms with Gasteiger partial charge in [0, 0.05) is 0 Å². The van der Waals surface area contributed by atoms with Crippen molar-refractivity contribution in [1.82, 2.24) is 4.98 Å². The van der Waals surface area contributed by atoms with Crippen LogP contribution in [-0.2, 0) is 4.74 Å². The van der Waals surface area contributed by atoms with E-state index in [0.29, 0.717) is 0 Å². The first kappa shape index (κ1) is 15.7. The summed E-state index contributed by atoms with van der Waals surface area (Å²) in [4.78, 5) is 14.1. The molecule has 22 heavy (non-hydrogen) atoms. The van der Waals surface area contributed by atoms with E-state index in [1.807, 2.05) is 0 Å². The van der Waals surface area contributed by atoms with Gasteiger partial charge in [-0.2, -0.15) is 22.5 Å². The van der Waals surface area contributed by atoms with E-state index in [9.17, 15) is 22.4 Å². The quantitative estimate of drug-likeness (QED) is 0.491. The van der Waals surface area contributed by atoms with E-state index in [2.05, 4.69) is 4.98 Å². The van der Waals surface area contributed by atoms with Crippen molar-refractivity contribution in [2.24, 2.45) is 0 Å². The van der Waals surface area contributed by atoms with Crippen LogP contribution in [0.1, 0.15) is 17.3 Å².